The number of nitriles is 1. The summed E-state index contributed by atoms with van der Waals surface area (Å²) >= 11 is 3.27. The fourth-order valence-electron chi connectivity index (χ4n) is 1.50. The van der Waals surface area contributed by atoms with Gasteiger partial charge in [0.15, 0.2) is 0 Å². The molecule has 0 bridgehead atoms. The molecule has 0 aliphatic heterocycles. The highest BCUT2D eigenvalue weighted by Crippen LogP contribution is 2.29. The van der Waals surface area contributed by atoms with E-state index in [1.807, 2.05) is 6.07 Å². The Labute approximate surface area is 122 Å². The van der Waals surface area contributed by atoms with Gasteiger partial charge in [0.2, 0.25) is 0 Å². The molecule has 0 fully saturated rings. The first-order valence-electron chi connectivity index (χ1n) is 5.52. The van der Waals surface area contributed by atoms with Gasteiger partial charge in [-0.2, -0.15) is 5.26 Å². The summed E-state index contributed by atoms with van der Waals surface area (Å²) in [4.78, 5) is 14.1. The minimum absolute atomic E-state index is 0.0457. The van der Waals surface area contributed by atoms with E-state index in [4.69, 9.17) is 10.00 Å². The van der Waals surface area contributed by atoms with Crippen LogP contribution in [0.2, 0.25) is 0 Å². The highest BCUT2D eigenvalue weighted by molar-refractivity contribution is 9.10. The zero-order chi connectivity index (χ0) is 14.5. The fourth-order valence-corrected chi connectivity index (χ4v) is 1.86. The zero-order valence-corrected chi connectivity index (χ0v) is 11.7. The minimum Gasteiger partial charge on any atom is -0.487 e. The first-order valence-corrected chi connectivity index (χ1v) is 6.31. The molecule has 2 aromatic rings. The number of non-ortho nitro benzene ring substituents is 1. The van der Waals surface area contributed by atoms with E-state index < -0.39 is 4.92 Å². The average molecular weight is 334 g/mol. The first-order chi connectivity index (χ1) is 9.60. The van der Waals surface area contributed by atoms with Crippen LogP contribution in [0.15, 0.2) is 41.0 Å². The molecule has 0 unspecified atom stereocenters. The number of halogens is 1. The maximum absolute atomic E-state index is 10.7. The lowest BCUT2D eigenvalue weighted by atomic mass is 10.2. The van der Waals surface area contributed by atoms with Crippen LogP contribution in [0.4, 0.5) is 5.69 Å². The number of nitro benzene ring substituents is 1. The van der Waals surface area contributed by atoms with Crippen molar-refractivity contribution in [1.82, 2.24) is 4.98 Å². The van der Waals surface area contributed by atoms with Crippen molar-refractivity contribution in [2.75, 3.05) is 0 Å². The molecule has 2 rings (SSSR count). The predicted octanol–water partition coefficient (Wildman–Crippen LogP) is 3.20. The third kappa shape index (κ3) is 3.30. The zero-order valence-electron chi connectivity index (χ0n) is 10.1. The summed E-state index contributed by atoms with van der Waals surface area (Å²) in [6.07, 6.45) is 1.51. The van der Waals surface area contributed by atoms with Gasteiger partial charge in [0, 0.05) is 12.3 Å². The van der Waals surface area contributed by atoms with E-state index in [0.717, 1.165) is 5.56 Å². The second-order valence-corrected chi connectivity index (χ2v) is 4.68. The number of benzene rings is 1. The van der Waals surface area contributed by atoms with Crippen LogP contribution in [0.25, 0.3) is 0 Å². The molecule has 0 N–H and O–H groups in total. The Kier molecular flexibility index (Phi) is 4.27. The minimum atomic E-state index is -0.487. The van der Waals surface area contributed by atoms with Gasteiger partial charge in [-0.25, -0.2) is 4.98 Å². The molecule has 1 aromatic heterocycles. The molecular formula is C13H8BrN3O3. The predicted molar refractivity (Wildman–Crippen MR) is 74.1 cm³/mol. The van der Waals surface area contributed by atoms with Crippen LogP contribution in [-0.2, 0) is 6.61 Å². The van der Waals surface area contributed by atoms with Crippen LogP contribution in [0.3, 0.4) is 0 Å². The summed E-state index contributed by atoms with van der Waals surface area (Å²) in [7, 11) is 0. The van der Waals surface area contributed by atoms with Crippen LogP contribution in [0.5, 0.6) is 5.75 Å². The summed E-state index contributed by atoms with van der Waals surface area (Å²) in [6, 6.07) is 9.54. The van der Waals surface area contributed by atoms with Crippen molar-refractivity contribution >= 4 is 21.6 Å². The molecule has 0 radical (unpaired) electrons. The van der Waals surface area contributed by atoms with Gasteiger partial charge < -0.3 is 4.74 Å². The highest BCUT2D eigenvalue weighted by atomic mass is 79.9. The van der Waals surface area contributed by atoms with Crippen LogP contribution in [-0.4, -0.2) is 9.91 Å². The van der Waals surface area contributed by atoms with Crippen molar-refractivity contribution < 1.29 is 9.66 Å². The molecule has 0 saturated carbocycles. The van der Waals surface area contributed by atoms with Crippen LogP contribution in [0.1, 0.15) is 11.3 Å². The number of nitro groups is 1. The lowest BCUT2D eigenvalue weighted by Gasteiger charge is -2.08. The van der Waals surface area contributed by atoms with Crippen molar-refractivity contribution in [3.8, 4) is 11.8 Å². The van der Waals surface area contributed by atoms with E-state index in [0.29, 0.717) is 15.9 Å². The standard InChI is InChI=1S/C13H8BrN3O3/c14-12-2-1-11(17(18)19)6-13(12)20-8-9-3-4-16-10(5-9)7-15/h1-6H,8H2. The number of hydrogen-bond donors (Lipinski definition) is 0. The van der Waals surface area contributed by atoms with E-state index in [1.165, 1.54) is 18.3 Å². The second kappa shape index (κ2) is 6.12. The van der Waals surface area contributed by atoms with E-state index in [1.54, 1.807) is 18.2 Å². The Morgan fingerprint density at radius 2 is 2.20 bits per heavy atom. The van der Waals surface area contributed by atoms with E-state index in [9.17, 15) is 10.1 Å². The quantitative estimate of drug-likeness (QED) is 0.633. The van der Waals surface area contributed by atoms with Gasteiger partial charge in [-0.1, -0.05) is 0 Å². The molecule has 7 heteroatoms. The molecule has 0 spiro atoms. The molecule has 100 valence electrons. The van der Waals surface area contributed by atoms with Gasteiger partial charge in [0.05, 0.1) is 15.5 Å². The Hall–Kier alpha value is -2.46. The lowest BCUT2D eigenvalue weighted by molar-refractivity contribution is -0.385. The van der Waals surface area contributed by atoms with Crippen LogP contribution < -0.4 is 4.74 Å². The van der Waals surface area contributed by atoms with Crippen molar-refractivity contribution in [3.63, 3.8) is 0 Å². The normalized spacial score (nSPS) is 9.80. The Morgan fingerprint density at radius 1 is 1.40 bits per heavy atom. The highest BCUT2D eigenvalue weighted by Gasteiger charge is 2.10. The van der Waals surface area contributed by atoms with Crippen molar-refractivity contribution in [2.24, 2.45) is 0 Å². The largest absolute Gasteiger partial charge is 0.487 e. The van der Waals surface area contributed by atoms with Crippen LogP contribution in [0, 0.1) is 21.4 Å². The third-order valence-corrected chi connectivity index (χ3v) is 3.11. The summed E-state index contributed by atoms with van der Waals surface area (Å²) in [5.41, 5.74) is 1.01. The van der Waals surface area contributed by atoms with E-state index >= 15 is 0 Å². The number of nitrogens with zero attached hydrogens (tertiary/aromatic N) is 3. The number of aromatic nitrogens is 1. The average Bonchev–Trinajstić information content (AvgIpc) is 2.46. The second-order valence-electron chi connectivity index (χ2n) is 3.82. The maximum atomic E-state index is 10.7. The monoisotopic (exact) mass is 333 g/mol. The van der Waals surface area contributed by atoms with Gasteiger partial charge in [-0.05, 0) is 39.7 Å². The number of hydrogen-bond acceptors (Lipinski definition) is 5. The molecule has 0 aliphatic rings. The van der Waals surface area contributed by atoms with Crippen molar-refractivity contribution in [1.29, 1.82) is 5.26 Å². The van der Waals surface area contributed by atoms with Crippen molar-refractivity contribution in [3.05, 3.63) is 62.4 Å². The number of ether oxygens (including phenoxy) is 1. The summed E-state index contributed by atoms with van der Waals surface area (Å²) in [5.74, 6) is 0.370. The lowest BCUT2D eigenvalue weighted by Crippen LogP contribution is -1.98. The molecule has 1 heterocycles. The van der Waals surface area contributed by atoms with Gasteiger partial charge in [-0.15, -0.1) is 0 Å². The molecule has 0 saturated heterocycles. The Balaban J connectivity index is 2.16. The summed E-state index contributed by atoms with van der Waals surface area (Å²) in [5, 5.41) is 19.5. The summed E-state index contributed by atoms with van der Waals surface area (Å²) < 4.78 is 6.15. The molecule has 0 atom stereocenters. The summed E-state index contributed by atoms with van der Waals surface area (Å²) in [6.45, 7) is 0.191. The van der Waals surface area contributed by atoms with Crippen LogP contribution >= 0.6 is 15.9 Å². The van der Waals surface area contributed by atoms with Gasteiger partial charge in [-0.3, -0.25) is 10.1 Å². The maximum Gasteiger partial charge on any atom is 0.273 e. The smallest absolute Gasteiger partial charge is 0.273 e. The molecule has 0 amide bonds. The van der Waals surface area contributed by atoms with E-state index in [2.05, 4.69) is 20.9 Å². The molecular weight excluding hydrogens is 326 g/mol. The molecule has 0 aliphatic carbocycles. The molecule has 6 nitrogen and oxygen atoms in total. The third-order valence-electron chi connectivity index (χ3n) is 2.46. The van der Waals surface area contributed by atoms with Gasteiger partial charge >= 0.3 is 0 Å². The van der Waals surface area contributed by atoms with E-state index in [-0.39, 0.29) is 12.3 Å². The van der Waals surface area contributed by atoms with Gasteiger partial charge in [0.1, 0.15) is 24.1 Å². The number of pyridine rings is 1. The molecule has 20 heavy (non-hydrogen) atoms. The SMILES string of the molecule is N#Cc1cc(COc2cc([N+](=O)[O-])ccc2Br)ccn1. The number of rotatable bonds is 4. The Bertz CT molecular complexity index is 698. The topological polar surface area (TPSA) is 89.0 Å². The molecule has 1 aromatic carbocycles. The fraction of sp³-hybridized carbons (Fsp3) is 0.0769. The van der Waals surface area contributed by atoms with Crippen molar-refractivity contribution in [2.45, 2.75) is 6.61 Å². The van der Waals surface area contributed by atoms with Gasteiger partial charge in [0.25, 0.3) is 5.69 Å². The Morgan fingerprint density at radius 3 is 2.90 bits per heavy atom. The first kappa shape index (κ1) is 14.0.